The molecule has 0 saturated heterocycles. The number of fused-ring (bicyclic) bond motifs is 2. The number of halogens is 3. The van der Waals surface area contributed by atoms with Crippen LogP contribution in [-0.2, 0) is 19.1 Å². The molecule has 34 heavy (non-hydrogen) atoms. The number of pyridine rings is 1. The van der Waals surface area contributed by atoms with Gasteiger partial charge in [0.1, 0.15) is 17.2 Å². The van der Waals surface area contributed by atoms with Crippen molar-refractivity contribution in [2.45, 2.75) is 84.6 Å². The molecule has 0 aromatic carbocycles. The molecule has 186 valence electrons. The second-order valence-electron chi connectivity index (χ2n) is 8.63. The molecule has 0 radical (unpaired) electrons. The molecule has 0 atom stereocenters. The molecule has 5 rings (SSSR count). The average molecular weight is 479 g/mol. The quantitative estimate of drug-likeness (QED) is 0.533. The van der Waals surface area contributed by atoms with Crippen molar-refractivity contribution in [2.75, 3.05) is 5.32 Å². The molecule has 2 N–H and O–H groups in total. The first-order valence-electron chi connectivity index (χ1n) is 11.1. The number of carbonyl (C=O) groups excluding carboxylic acids is 1. The maximum absolute atomic E-state index is 13.0. The van der Waals surface area contributed by atoms with Crippen LogP contribution in [0.4, 0.5) is 19.0 Å². The van der Waals surface area contributed by atoms with Crippen LogP contribution in [0.1, 0.15) is 75.3 Å². The third-order valence-corrected chi connectivity index (χ3v) is 6.35. The van der Waals surface area contributed by atoms with Gasteiger partial charge in [-0.2, -0.15) is 18.3 Å². The van der Waals surface area contributed by atoms with Crippen LogP contribution in [0.2, 0.25) is 0 Å². The van der Waals surface area contributed by atoms with E-state index in [1.54, 1.807) is 18.2 Å². The zero-order chi connectivity index (χ0) is 22.3. The summed E-state index contributed by atoms with van der Waals surface area (Å²) < 4.78 is 42.4. The van der Waals surface area contributed by atoms with Gasteiger partial charge in [-0.25, -0.2) is 4.98 Å². The van der Waals surface area contributed by atoms with Crippen molar-refractivity contribution in [2.24, 2.45) is 0 Å². The number of anilines is 1. The normalized spacial score (nSPS) is 20.1. The Balaban J connectivity index is 0.00000162. The number of alkyl halides is 3. The lowest BCUT2D eigenvalue weighted by Gasteiger charge is -2.30. The number of imidazole rings is 1. The van der Waals surface area contributed by atoms with Gasteiger partial charge in [-0.3, -0.25) is 13.9 Å². The minimum absolute atomic E-state index is 0. The highest BCUT2D eigenvalue weighted by molar-refractivity contribution is 5.92. The Labute approximate surface area is 197 Å². The van der Waals surface area contributed by atoms with Gasteiger partial charge in [-0.05, 0) is 63.1 Å². The van der Waals surface area contributed by atoms with Crippen molar-refractivity contribution in [3.05, 3.63) is 47.5 Å². The smallest absolute Gasteiger partial charge is 0.368 e. The fraction of sp³-hybridized carbons (Fsp3) is 0.542. The Morgan fingerprint density at radius 2 is 1.79 bits per heavy atom. The van der Waals surface area contributed by atoms with Crippen LogP contribution in [0.15, 0.2) is 30.5 Å². The molecule has 1 fully saturated rings. The lowest BCUT2D eigenvalue weighted by molar-refractivity contribution is -0.140. The topological polar surface area (TPSA) is 76.2 Å². The lowest BCUT2D eigenvalue weighted by atomic mass is 9.91. The molecule has 1 aliphatic heterocycles. The van der Waals surface area contributed by atoms with Gasteiger partial charge in [0.05, 0.1) is 0 Å². The number of aromatic nitrogens is 4. The van der Waals surface area contributed by atoms with Crippen molar-refractivity contribution < 1.29 is 18.0 Å². The van der Waals surface area contributed by atoms with Gasteiger partial charge >= 0.3 is 6.18 Å². The maximum atomic E-state index is 13.0. The van der Waals surface area contributed by atoms with Crippen LogP contribution in [0.3, 0.4) is 0 Å². The Hall–Kier alpha value is -3.04. The summed E-state index contributed by atoms with van der Waals surface area (Å²) in [4.78, 5) is 16.3. The van der Waals surface area contributed by atoms with Gasteiger partial charge in [-0.15, -0.1) is 0 Å². The molecule has 1 amide bonds. The van der Waals surface area contributed by atoms with Gasteiger partial charge in [0.15, 0.2) is 5.69 Å². The standard InChI is InChI=1S/C22H25F3N6O.2CH4/c23-22(24,25)18-13-30-19(5-3-6-20(30)28-18)26-14-7-9-15(10-8-14)27-21(32)17-12-16-4-1-2-11-31(16)29-17;;/h3,5-6,12-15,26H,1-2,4,7-11H2,(H,27,32);2*1H4. The number of carbonyl (C=O) groups is 1. The zero-order valence-corrected chi connectivity index (χ0v) is 17.5. The van der Waals surface area contributed by atoms with E-state index in [-0.39, 0.29) is 38.5 Å². The van der Waals surface area contributed by atoms with Gasteiger partial charge in [0, 0.05) is 30.5 Å². The molecule has 7 nitrogen and oxygen atoms in total. The number of hydrogen-bond donors (Lipinski definition) is 2. The first-order chi connectivity index (χ1) is 15.4. The SMILES string of the molecule is C.C.O=C(NC1CCC(Nc2cccc3nc(C(F)(F)F)cn23)CC1)c1cc2n(n1)CCCC2. The highest BCUT2D eigenvalue weighted by atomic mass is 19.4. The van der Waals surface area contributed by atoms with Crippen molar-refractivity contribution in [3.8, 4) is 0 Å². The number of amides is 1. The summed E-state index contributed by atoms with van der Waals surface area (Å²) in [5.41, 5.74) is 0.955. The molecule has 3 aromatic rings. The molecular weight excluding hydrogens is 445 g/mol. The zero-order valence-electron chi connectivity index (χ0n) is 17.5. The van der Waals surface area contributed by atoms with Crippen LogP contribution in [0.25, 0.3) is 5.65 Å². The predicted molar refractivity (Wildman–Crippen MR) is 126 cm³/mol. The molecule has 10 heteroatoms. The third-order valence-electron chi connectivity index (χ3n) is 6.35. The van der Waals surface area contributed by atoms with E-state index in [1.165, 1.54) is 4.40 Å². The molecule has 4 heterocycles. The Kier molecular flexibility index (Phi) is 7.57. The van der Waals surface area contributed by atoms with Gasteiger partial charge in [0.25, 0.3) is 5.91 Å². The molecule has 1 aliphatic carbocycles. The van der Waals surface area contributed by atoms with Crippen LogP contribution in [0.5, 0.6) is 0 Å². The second-order valence-corrected chi connectivity index (χ2v) is 8.63. The Bertz CT molecular complexity index is 1100. The first-order valence-corrected chi connectivity index (χ1v) is 11.1. The lowest BCUT2D eigenvalue weighted by Crippen LogP contribution is -2.40. The first kappa shape index (κ1) is 25.6. The molecule has 1 saturated carbocycles. The monoisotopic (exact) mass is 478 g/mol. The summed E-state index contributed by atoms with van der Waals surface area (Å²) in [7, 11) is 0. The minimum Gasteiger partial charge on any atom is -0.368 e. The van der Waals surface area contributed by atoms with Crippen molar-refractivity contribution in [3.63, 3.8) is 0 Å². The summed E-state index contributed by atoms with van der Waals surface area (Å²) in [6.45, 7) is 0.869. The molecule has 3 aromatic heterocycles. The number of rotatable bonds is 4. The Morgan fingerprint density at radius 1 is 1.06 bits per heavy atom. The van der Waals surface area contributed by atoms with E-state index in [0.717, 1.165) is 63.4 Å². The largest absolute Gasteiger partial charge is 0.434 e. The predicted octanol–water partition coefficient (Wildman–Crippen LogP) is 5.31. The fourth-order valence-corrected chi connectivity index (χ4v) is 4.64. The summed E-state index contributed by atoms with van der Waals surface area (Å²) in [5.74, 6) is 0.452. The fourth-order valence-electron chi connectivity index (χ4n) is 4.64. The van der Waals surface area contributed by atoms with E-state index in [2.05, 4.69) is 20.7 Å². The summed E-state index contributed by atoms with van der Waals surface area (Å²) in [5, 5.41) is 10.9. The Morgan fingerprint density at radius 3 is 2.50 bits per heavy atom. The summed E-state index contributed by atoms with van der Waals surface area (Å²) >= 11 is 0. The van der Waals surface area contributed by atoms with Crippen LogP contribution >= 0.6 is 0 Å². The van der Waals surface area contributed by atoms with Gasteiger partial charge < -0.3 is 10.6 Å². The molecule has 0 spiro atoms. The number of hydrogen-bond acceptors (Lipinski definition) is 4. The van der Waals surface area contributed by atoms with Crippen LogP contribution in [-0.4, -0.2) is 37.2 Å². The third kappa shape index (κ3) is 5.20. The van der Waals surface area contributed by atoms with E-state index in [0.29, 0.717) is 11.5 Å². The van der Waals surface area contributed by atoms with Gasteiger partial charge in [0.2, 0.25) is 0 Å². The maximum Gasteiger partial charge on any atom is 0.434 e. The number of nitrogens with one attached hydrogen (secondary N) is 2. The highest BCUT2D eigenvalue weighted by Crippen LogP contribution is 2.30. The average Bonchev–Trinajstić information content (AvgIpc) is 3.40. The van der Waals surface area contributed by atoms with E-state index < -0.39 is 11.9 Å². The van der Waals surface area contributed by atoms with Crippen molar-refractivity contribution in [1.29, 1.82) is 0 Å². The summed E-state index contributed by atoms with van der Waals surface area (Å²) in [6, 6.07) is 7.08. The molecule has 2 aliphatic rings. The highest BCUT2D eigenvalue weighted by Gasteiger charge is 2.34. The van der Waals surface area contributed by atoms with Crippen LogP contribution < -0.4 is 10.6 Å². The number of aryl methyl sites for hydroxylation is 2. The second kappa shape index (κ2) is 10.1. The number of nitrogens with zero attached hydrogens (tertiary/aromatic N) is 4. The van der Waals surface area contributed by atoms with Crippen molar-refractivity contribution in [1.82, 2.24) is 24.5 Å². The van der Waals surface area contributed by atoms with E-state index >= 15 is 0 Å². The summed E-state index contributed by atoms with van der Waals surface area (Å²) in [6.07, 6.45) is 2.94. The van der Waals surface area contributed by atoms with E-state index in [4.69, 9.17) is 0 Å². The van der Waals surface area contributed by atoms with Crippen molar-refractivity contribution >= 4 is 17.4 Å². The minimum atomic E-state index is -4.48. The molecular formula is C24H33F3N6O. The van der Waals surface area contributed by atoms with E-state index in [1.807, 2.05) is 10.7 Å². The van der Waals surface area contributed by atoms with Gasteiger partial charge in [-0.1, -0.05) is 20.9 Å². The molecule has 0 unspecified atom stereocenters. The van der Waals surface area contributed by atoms with E-state index in [9.17, 15) is 18.0 Å². The van der Waals surface area contributed by atoms with Crippen LogP contribution in [0, 0.1) is 0 Å². The molecule has 0 bridgehead atoms.